The third-order valence-electron chi connectivity index (χ3n) is 4.30. The molecule has 3 rings (SSSR count). The van der Waals surface area contributed by atoms with Crippen LogP contribution in [0.2, 0.25) is 10.0 Å². The van der Waals surface area contributed by atoms with Gasteiger partial charge in [0.25, 0.3) is 0 Å². The maximum atomic E-state index is 9.57. The van der Waals surface area contributed by atoms with Crippen LogP contribution in [0.3, 0.4) is 0 Å². The summed E-state index contributed by atoms with van der Waals surface area (Å²) in [4.78, 5) is 0. The van der Waals surface area contributed by atoms with E-state index >= 15 is 0 Å². The highest BCUT2D eigenvalue weighted by Gasteiger charge is 2.13. The minimum absolute atomic E-state index is 0.303. The van der Waals surface area contributed by atoms with Gasteiger partial charge in [-0.25, -0.2) is 0 Å². The van der Waals surface area contributed by atoms with E-state index in [1.165, 1.54) is 7.11 Å². The lowest BCUT2D eigenvalue weighted by Crippen LogP contribution is -1.99. The summed E-state index contributed by atoms with van der Waals surface area (Å²) in [6.45, 7) is 0.303. The maximum Gasteiger partial charge on any atom is 0.180 e. The quantitative estimate of drug-likeness (QED) is 0.327. The van der Waals surface area contributed by atoms with Gasteiger partial charge in [-0.15, -0.1) is 0 Å². The zero-order valence-corrected chi connectivity index (χ0v) is 17.5. The first-order chi connectivity index (χ1) is 14.5. The van der Waals surface area contributed by atoms with Crippen LogP contribution in [0.25, 0.3) is 11.6 Å². The molecule has 0 heterocycles. The average Bonchev–Trinajstić information content (AvgIpc) is 2.77. The van der Waals surface area contributed by atoms with Gasteiger partial charge in [0.15, 0.2) is 11.5 Å². The molecule has 0 N–H and O–H groups in total. The molecule has 0 atom stereocenters. The lowest BCUT2D eigenvalue weighted by molar-refractivity contribution is 0.284. The Morgan fingerprint density at radius 3 is 2.30 bits per heavy atom. The molecule has 0 saturated carbocycles. The van der Waals surface area contributed by atoms with Crippen LogP contribution >= 0.6 is 23.2 Å². The molecule has 0 aliphatic carbocycles. The molecule has 3 aromatic rings. The fraction of sp³-hybridized carbons (Fsp3) is 0.0833. The summed E-state index contributed by atoms with van der Waals surface area (Å²) in [6.07, 6.45) is 1.71. The van der Waals surface area contributed by atoms with E-state index in [9.17, 15) is 5.26 Å². The fourth-order valence-corrected chi connectivity index (χ4v) is 3.17. The van der Waals surface area contributed by atoms with Crippen molar-refractivity contribution in [3.05, 3.63) is 93.0 Å². The predicted octanol–water partition coefficient (Wildman–Crippen LogP) is 6.52. The fourth-order valence-electron chi connectivity index (χ4n) is 2.77. The van der Waals surface area contributed by atoms with Gasteiger partial charge in [0.05, 0.1) is 35.4 Å². The van der Waals surface area contributed by atoms with Crippen molar-refractivity contribution >= 4 is 34.9 Å². The van der Waals surface area contributed by atoms with Crippen molar-refractivity contribution in [2.75, 3.05) is 7.11 Å². The second-order valence-corrected chi connectivity index (χ2v) is 7.15. The molecule has 30 heavy (non-hydrogen) atoms. The van der Waals surface area contributed by atoms with Gasteiger partial charge in [-0.3, -0.25) is 0 Å². The van der Waals surface area contributed by atoms with Gasteiger partial charge in [0.1, 0.15) is 6.61 Å². The minimum atomic E-state index is 0.303. The molecule has 4 nitrogen and oxygen atoms in total. The highest BCUT2D eigenvalue weighted by Crippen LogP contribution is 2.38. The number of halogens is 2. The van der Waals surface area contributed by atoms with E-state index in [4.69, 9.17) is 37.9 Å². The molecule has 0 fully saturated rings. The Hall–Kier alpha value is -3.44. The normalized spacial score (nSPS) is 10.8. The molecule has 0 aliphatic rings. The van der Waals surface area contributed by atoms with Crippen LogP contribution < -0.4 is 9.47 Å². The Balaban J connectivity index is 1.88. The van der Waals surface area contributed by atoms with Gasteiger partial charge in [-0.1, -0.05) is 47.5 Å². The Kier molecular flexibility index (Phi) is 6.99. The number of hydrogen-bond acceptors (Lipinski definition) is 4. The summed E-state index contributed by atoms with van der Waals surface area (Å²) in [6, 6.07) is 21.8. The first-order valence-corrected chi connectivity index (χ1v) is 9.66. The first kappa shape index (κ1) is 21.3. The van der Waals surface area contributed by atoms with Gasteiger partial charge in [-0.05, 0) is 59.2 Å². The molecule has 3 aromatic carbocycles. The third-order valence-corrected chi connectivity index (χ3v) is 4.84. The number of benzene rings is 3. The summed E-state index contributed by atoms with van der Waals surface area (Å²) in [5.74, 6) is 0.878. The minimum Gasteiger partial charge on any atom is -0.493 e. The van der Waals surface area contributed by atoms with E-state index in [2.05, 4.69) is 12.1 Å². The van der Waals surface area contributed by atoms with E-state index in [1.807, 2.05) is 12.1 Å². The summed E-state index contributed by atoms with van der Waals surface area (Å²) in [5, 5.41) is 19.5. The second-order valence-electron chi connectivity index (χ2n) is 6.31. The van der Waals surface area contributed by atoms with Crippen LogP contribution in [-0.2, 0) is 6.61 Å². The molecule has 0 bridgehead atoms. The monoisotopic (exact) mass is 434 g/mol. The van der Waals surface area contributed by atoms with Crippen molar-refractivity contribution in [2.24, 2.45) is 0 Å². The average molecular weight is 435 g/mol. The molecule has 0 aliphatic heterocycles. The lowest BCUT2D eigenvalue weighted by Gasteiger charge is -2.14. The van der Waals surface area contributed by atoms with Crippen molar-refractivity contribution in [1.82, 2.24) is 0 Å². The highest BCUT2D eigenvalue weighted by atomic mass is 35.5. The topological polar surface area (TPSA) is 66.0 Å². The Bertz CT molecular complexity index is 1160. The number of hydrogen-bond donors (Lipinski definition) is 0. The molecule has 0 radical (unpaired) electrons. The number of nitriles is 2. The van der Waals surface area contributed by atoms with Crippen LogP contribution in [0.1, 0.15) is 22.3 Å². The number of allylic oxidation sites excluding steroid dienone is 1. The molecular formula is C24H16Cl2N2O2. The SMILES string of the molecule is COc1cc(/C=C(\C#N)c2ccc(C#N)cc2)cc(Cl)c1OCc1ccc(Cl)cc1. The molecule has 0 spiro atoms. The molecule has 0 amide bonds. The van der Waals surface area contributed by atoms with Crippen molar-refractivity contribution in [1.29, 1.82) is 10.5 Å². The first-order valence-electron chi connectivity index (χ1n) is 8.91. The van der Waals surface area contributed by atoms with Crippen LogP contribution in [-0.4, -0.2) is 7.11 Å². The van der Waals surface area contributed by atoms with Crippen LogP contribution in [0.15, 0.2) is 60.7 Å². The molecular weight excluding hydrogens is 419 g/mol. The van der Waals surface area contributed by atoms with Gasteiger partial charge in [0.2, 0.25) is 0 Å². The smallest absolute Gasteiger partial charge is 0.180 e. The predicted molar refractivity (Wildman–Crippen MR) is 118 cm³/mol. The Labute approximate surface area is 185 Å². The molecule has 0 aromatic heterocycles. The summed E-state index contributed by atoms with van der Waals surface area (Å²) >= 11 is 12.4. The van der Waals surface area contributed by atoms with E-state index in [1.54, 1.807) is 54.6 Å². The van der Waals surface area contributed by atoms with Crippen molar-refractivity contribution in [3.8, 4) is 23.6 Å². The number of nitrogens with zero attached hydrogens (tertiary/aromatic N) is 2. The number of rotatable bonds is 6. The number of ether oxygens (including phenoxy) is 2. The van der Waals surface area contributed by atoms with Crippen LogP contribution in [0, 0.1) is 22.7 Å². The third kappa shape index (κ3) is 5.13. The van der Waals surface area contributed by atoms with Crippen molar-refractivity contribution in [2.45, 2.75) is 6.61 Å². The summed E-state index contributed by atoms with van der Waals surface area (Å²) in [7, 11) is 1.53. The molecule has 148 valence electrons. The molecule has 0 unspecified atom stereocenters. The van der Waals surface area contributed by atoms with Gasteiger partial charge in [-0.2, -0.15) is 10.5 Å². The van der Waals surface area contributed by atoms with Crippen LogP contribution in [0.4, 0.5) is 0 Å². The highest BCUT2D eigenvalue weighted by molar-refractivity contribution is 6.32. The van der Waals surface area contributed by atoms with E-state index in [0.29, 0.717) is 50.4 Å². The standard InChI is InChI=1S/C24H16Cl2N2O2/c1-29-23-12-18(10-20(14-28)19-6-2-16(13-27)3-7-19)11-22(26)24(23)30-15-17-4-8-21(25)9-5-17/h2-12H,15H2,1H3/b20-10+. The molecule has 0 saturated heterocycles. The van der Waals surface area contributed by atoms with E-state index in [-0.39, 0.29) is 0 Å². The summed E-state index contributed by atoms with van der Waals surface area (Å²) in [5.41, 5.74) is 3.30. The lowest BCUT2D eigenvalue weighted by atomic mass is 10.0. The van der Waals surface area contributed by atoms with Crippen molar-refractivity contribution < 1.29 is 9.47 Å². The van der Waals surface area contributed by atoms with E-state index in [0.717, 1.165) is 5.56 Å². The zero-order chi connectivity index (χ0) is 21.5. The largest absolute Gasteiger partial charge is 0.493 e. The zero-order valence-electron chi connectivity index (χ0n) is 16.0. The summed E-state index contributed by atoms with van der Waals surface area (Å²) < 4.78 is 11.3. The Morgan fingerprint density at radius 1 is 1.00 bits per heavy atom. The van der Waals surface area contributed by atoms with Gasteiger partial charge >= 0.3 is 0 Å². The van der Waals surface area contributed by atoms with Crippen LogP contribution in [0.5, 0.6) is 11.5 Å². The molecule has 6 heteroatoms. The van der Waals surface area contributed by atoms with Gasteiger partial charge < -0.3 is 9.47 Å². The van der Waals surface area contributed by atoms with E-state index < -0.39 is 0 Å². The Morgan fingerprint density at radius 2 is 1.70 bits per heavy atom. The van der Waals surface area contributed by atoms with Crippen molar-refractivity contribution in [3.63, 3.8) is 0 Å². The maximum absolute atomic E-state index is 9.57. The number of methoxy groups -OCH3 is 1. The second kappa shape index (κ2) is 9.85. The van der Waals surface area contributed by atoms with Gasteiger partial charge in [0, 0.05) is 5.02 Å².